The van der Waals surface area contributed by atoms with Gasteiger partial charge in [-0.3, -0.25) is 9.59 Å². The van der Waals surface area contributed by atoms with E-state index in [9.17, 15) is 14.4 Å². The number of nitrogens with zero attached hydrogens (tertiary/aromatic N) is 3. The molecule has 31 heavy (non-hydrogen) atoms. The van der Waals surface area contributed by atoms with Gasteiger partial charge in [0.05, 0.1) is 5.56 Å². The van der Waals surface area contributed by atoms with Crippen molar-refractivity contribution in [2.24, 2.45) is 5.92 Å². The third-order valence-corrected chi connectivity index (χ3v) is 6.16. The van der Waals surface area contributed by atoms with Gasteiger partial charge in [-0.25, -0.2) is 4.79 Å². The third kappa shape index (κ3) is 5.11. The van der Waals surface area contributed by atoms with E-state index >= 15 is 0 Å². The van der Waals surface area contributed by atoms with Crippen LogP contribution in [0.4, 0.5) is 16.2 Å². The quantitative estimate of drug-likeness (QED) is 0.756. The lowest BCUT2D eigenvalue weighted by atomic mass is 10.1. The number of rotatable bonds is 5. The Morgan fingerprint density at radius 1 is 0.935 bits per heavy atom. The summed E-state index contributed by atoms with van der Waals surface area (Å²) in [6.45, 7) is 8.01. The molecule has 4 rings (SSSR count). The number of urea groups is 1. The highest BCUT2D eigenvalue weighted by molar-refractivity contribution is 6.02. The van der Waals surface area contributed by atoms with Gasteiger partial charge in [0, 0.05) is 62.6 Å². The molecule has 0 bridgehead atoms. The van der Waals surface area contributed by atoms with Gasteiger partial charge in [-0.2, -0.15) is 0 Å². The first kappa shape index (κ1) is 21.5. The molecule has 8 nitrogen and oxygen atoms in total. The van der Waals surface area contributed by atoms with E-state index in [4.69, 9.17) is 0 Å². The van der Waals surface area contributed by atoms with Crippen LogP contribution in [0.2, 0.25) is 0 Å². The number of amides is 4. The maximum Gasteiger partial charge on any atom is 0.317 e. The second kappa shape index (κ2) is 9.16. The van der Waals surface area contributed by atoms with Gasteiger partial charge < -0.3 is 25.3 Å². The van der Waals surface area contributed by atoms with Crippen molar-refractivity contribution in [2.45, 2.75) is 45.6 Å². The standard InChI is InChI=1S/C23H33N5O3/c1-16(2)24-23(31)28-13-11-26(12-14-28)20-8-7-18(25-21(29)17-5-6-17)15-19(20)22(30)27-9-3-4-10-27/h7-8,15-17H,3-6,9-14H2,1-2H3,(H,24,31)(H,25,29). The number of likely N-dealkylation sites (tertiary alicyclic amines) is 1. The number of benzene rings is 1. The van der Waals surface area contributed by atoms with Gasteiger partial charge in [-0.15, -0.1) is 0 Å². The molecule has 1 aromatic carbocycles. The van der Waals surface area contributed by atoms with Crippen molar-refractivity contribution in [2.75, 3.05) is 49.5 Å². The molecule has 3 fully saturated rings. The summed E-state index contributed by atoms with van der Waals surface area (Å²) in [6, 6.07) is 5.72. The zero-order valence-corrected chi connectivity index (χ0v) is 18.5. The van der Waals surface area contributed by atoms with Crippen LogP contribution in [-0.2, 0) is 4.79 Å². The van der Waals surface area contributed by atoms with Crippen LogP contribution in [0.1, 0.15) is 49.9 Å². The molecular weight excluding hydrogens is 394 g/mol. The van der Waals surface area contributed by atoms with E-state index in [2.05, 4.69) is 15.5 Å². The van der Waals surface area contributed by atoms with Crippen LogP contribution < -0.4 is 15.5 Å². The summed E-state index contributed by atoms with van der Waals surface area (Å²) in [6.07, 6.45) is 3.95. The monoisotopic (exact) mass is 427 g/mol. The first-order valence-corrected chi connectivity index (χ1v) is 11.5. The predicted molar refractivity (Wildman–Crippen MR) is 120 cm³/mol. The lowest BCUT2D eigenvalue weighted by Gasteiger charge is -2.37. The highest BCUT2D eigenvalue weighted by Gasteiger charge is 2.31. The molecule has 2 heterocycles. The van der Waals surface area contributed by atoms with E-state index < -0.39 is 0 Å². The molecule has 168 valence electrons. The molecule has 2 saturated heterocycles. The number of hydrogen-bond acceptors (Lipinski definition) is 4. The number of carbonyl (C=O) groups is 3. The molecule has 0 unspecified atom stereocenters. The van der Waals surface area contributed by atoms with Gasteiger partial charge in [0.25, 0.3) is 5.91 Å². The lowest BCUT2D eigenvalue weighted by Crippen LogP contribution is -2.53. The highest BCUT2D eigenvalue weighted by Crippen LogP contribution is 2.32. The van der Waals surface area contributed by atoms with Crippen molar-refractivity contribution in [1.29, 1.82) is 0 Å². The Kier molecular flexibility index (Phi) is 6.34. The fourth-order valence-corrected chi connectivity index (χ4v) is 4.23. The molecule has 3 aliphatic rings. The Bertz CT molecular complexity index is 838. The molecule has 1 aliphatic carbocycles. The minimum atomic E-state index is -0.0406. The summed E-state index contributed by atoms with van der Waals surface area (Å²) < 4.78 is 0. The summed E-state index contributed by atoms with van der Waals surface area (Å²) in [5, 5.41) is 5.91. The smallest absolute Gasteiger partial charge is 0.317 e. The molecule has 0 atom stereocenters. The van der Waals surface area contributed by atoms with E-state index in [-0.39, 0.29) is 29.8 Å². The summed E-state index contributed by atoms with van der Waals surface area (Å²) >= 11 is 0. The Hall–Kier alpha value is -2.77. The maximum absolute atomic E-state index is 13.3. The number of nitrogens with one attached hydrogen (secondary N) is 2. The van der Waals surface area contributed by atoms with Crippen LogP contribution in [0.15, 0.2) is 18.2 Å². The van der Waals surface area contributed by atoms with Crippen molar-refractivity contribution >= 4 is 29.2 Å². The van der Waals surface area contributed by atoms with Crippen molar-refractivity contribution in [3.63, 3.8) is 0 Å². The molecule has 4 amide bonds. The molecule has 0 spiro atoms. The van der Waals surface area contributed by atoms with E-state index in [0.29, 0.717) is 37.4 Å². The van der Waals surface area contributed by atoms with E-state index in [1.54, 1.807) is 0 Å². The molecule has 1 aromatic rings. The molecule has 8 heteroatoms. The average molecular weight is 428 g/mol. The summed E-state index contributed by atoms with van der Waals surface area (Å²) in [4.78, 5) is 43.7. The largest absolute Gasteiger partial charge is 0.367 e. The first-order chi connectivity index (χ1) is 14.9. The molecule has 1 saturated carbocycles. The molecule has 0 aromatic heterocycles. The Labute approximate surface area is 183 Å². The fraction of sp³-hybridized carbons (Fsp3) is 0.609. The minimum absolute atomic E-state index is 0.0231. The van der Waals surface area contributed by atoms with Gasteiger partial charge >= 0.3 is 6.03 Å². The topological polar surface area (TPSA) is 85.0 Å². The van der Waals surface area contributed by atoms with Crippen molar-refractivity contribution in [3.05, 3.63) is 23.8 Å². The van der Waals surface area contributed by atoms with Crippen LogP contribution >= 0.6 is 0 Å². The van der Waals surface area contributed by atoms with Gasteiger partial charge in [0.15, 0.2) is 0 Å². The Morgan fingerprint density at radius 2 is 1.61 bits per heavy atom. The molecule has 2 aliphatic heterocycles. The van der Waals surface area contributed by atoms with Gasteiger partial charge in [-0.05, 0) is 57.7 Å². The predicted octanol–water partition coefficient (Wildman–Crippen LogP) is 2.51. The number of hydrogen-bond donors (Lipinski definition) is 2. The fourth-order valence-electron chi connectivity index (χ4n) is 4.23. The molecule has 2 N–H and O–H groups in total. The molecule has 0 radical (unpaired) electrons. The van der Waals surface area contributed by atoms with E-state index in [1.807, 2.05) is 41.8 Å². The van der Waals surface area contributed by atoms with Crippen molar-refractivity contribution in [1.82, 2.24) is 15.1 Å². The summed E-state index contributed by atoms with van der Waals surface area (Å²) in [7, 11) is 0. The van der Waals surface area contributed by atoms with Crippen LogP contribution in [-0.4, -0.2) is 73.0 Å². The molecular formula is C23H33N5O3. The van der Waals surface area contributed by atoms with Gasteiger partial charge in [-0.1, -0.05) is 0 Å². The normalized spacial score (nSPS) is 19.0. The maximum atomic E-state index is 13.3. The van der Waals surface area contributed by atoms with Gasteiger partial charge in [0.1, 0.15) is 0 Å². The van der Waals surface area contributed by atoms with Crippen LogP contribution in [0.5, 0.6) is 0 Å². The SMILES string of the molecule is CC(C)NC(=O)N1CCN(c2ccc(NC(=O)C3CC3)cc2C(=O)N2CCCC2)CC1. The number of carbonyl (C=O) groups excluding carboxylic acids is 3. The second-order valence-corrected chi connectivity index (χ2v) is 9.07. The van der Waals surface area contributed by atoms with Gasteiger partial charge in [0.2, 0.25) is 5.91 Å². The first-order valence-electron chi connectivity index (χ1n) is 11.5. The highest BCUT2D eigenvalue weighted by atomic mass is 16.2. The van der Waals surface area contributed by atoms with Crippen LogP contribution in [0.3, 0.4) is 0 Å². The Balaban J connectivity index is 1.51. The van der Waals surface area contributed by atoms with Crippen LogP contribution in [0, 0.1) is 5.92 Å². The minimum Gasteiger partial charge on any atom is -0.367 e. The lowest BCUT2D eigenvalue weighted by molar-refractivity contribution is -0.117. The number of anilines is 2. The third-order valence-electron chi connectivity index (χ3n) is 6.16. The summed E-state index contributed by atoms with van der Waals surface area (Å²) in [5.41, 5.74) is 2.19. The zero-order valence-electron chi connectivity index (χ0n) is 18.5. The summed E-state index contributed by atoms with van der Waals surface area (Å²) in [5.74, 6) is 0.176. The van der Waals surface area contributed by atoms with Crippen LogP contribution in [0.25, 0.3) is 0 Å². The number of piperazine rings is 1. The zero-order chi connectivity index (χ0) is 22.0. The average Bonchev–Trinajstić information content (AvgIpc) is 3.47. The van der Waals surface area contributed by atoms with Crippen molar-refractivity contribution in [3.8, 4) is 0 Å². The van der Waals surface area contributed by atoms with Crippen molar-refractivity contribution < 1.29 is 14.4 Å². The van der Waals surface area contributed by atoms with E-state index in [0.717, 1.165) is 44.5 Å². The Morgan fingerprint density at radius 3 is 2.23 bits per heavy atom. The second-order valence-electron chi connectivity index (χ2n) is 9.07. The van der Waals surface area contributed by atoms with E-state index in [1.165, 1.54) is 0 Å².